The molecule has 1 fully saturated rings. The predicted octanol–water partition coefficient (Wildman–Crippen LogP) is 0.787. The van der Waals surface area contributed by atoms with Gasteiger partial charge in [0.25, 0.3) is 0 Å². The number of nitrogens with zero attached hydrogens (tertiary/aromatic N) is 5. The van der Waals surface area contributed by atoms with Crippen molar-refractivity contribution >= 4 is 5.91 Å². The predicted molar refractivity (Wildman–Crippen MR) is 83.4 cm³/mol. The number of hydrogen-bond acceptors (Lipinski definition) is 6. The molecular formula is C15H27N5O2. The molecule has 1 aliphatic heterocycles. The van der Waals surface area contributed by atoms with E-state index in [0.717, 1.165) is 25.3 Å². The van der Waals surface area contributed by atoms with Gasteiger partial charge in [0, 0.05) is 39.1 Å². The lowest BCUT2D eigenvalue weighted by molar-refractivity contribution is -0.129. The third-order valence-electron chi connectivity index (χ3n) is 4.10. The molecule has 1 atom stereocenters. The van der Waals surface area contributed by atoms with Crippen LogP contribution in [0.4, 0.5) is 0 Å². The molecule has 0 aromatic carbocycles. The third kappa shape index (κ3) is 4.27. The zero-order valence-corrected chi connectivity index (χ0v) is 14.2. The van der Waals surface area contributed by atoms with E-state index in [0.29, 0.717) is 25.0 Å². The van der Waals surface area contributed by atoms with Crippen LogP contribution in [-0.2, 0) is 11.3 Å². The lowest BCUT2D eigenvalue weighted by Gasteiger charge is -2.23. The van der Waals surface area contributed by atoms with Gasteiger partial charge in [-0.2, -0.15) is 4.98 Å². The number of carbonyl (C=O) groups excluding carboxylic acids is 1. The van der Waals surface area contributed by atoms with Crippen LogP contribution in [0.3, 0.4) is 0 Å². The molecule has 1 unspecified atom stereocenters. The van der Waals surface area contributed by atoms with Crippen LogP contribution in [-0.4, -0.2) is 77.6 Å². The highest BCUT2D eigenvalue weighted by molar-refractivity contribution is 5.77. The number of aromatic nitrogens is 2. The lowest BCUT2D eigenvalue weighted by Crippen LogP contribution is -2.38. The van der Waals surface area contributed by atoms with Crippen molar-refractivity contribution in [1.82, 2.24) is 24.8 Å². The second kappa shape index (κ2) is 7.19. The highest BCUT2D eigenvalue weighted by Crippen LogP contribution is 2.17. The van der Waals surface area contributed by atoms with Crippen LogP contribution in [0.2, 0.25) is 0 Å². The van der Waals surface area contributed by atoms with E-state index in [1.54, 1.807) is 19.0 Å². The molecule has 22 heavy (non-hydrogen) atoms. The van der Waals surface area contributed by atoms with Crippen molar-refractivity contribution in [2.24, 2.45) is 0 Å². The van der Waals surface area contributed by atoms with Crippen LogP contribution in [0.1, 0.15) is 37.9 Å². The average molecular weight is 309 g/mol. The Kier molecular flexibility index (Phi) is 5.52. The Morgan fingerprint density at radius 1 is 1.41 bits per heavy atom. The van der Waals surface area contributed by atoms with E-state index in [1.807, 2.05) is 13.8 Å². The molecule has 0 spiro atoms. The number of carbonyl (C=O) groups is 1. The minimum Gasteiger partial charge on any atom is -0.348 e. The first-order chi connectivity index (χ1) is 10.4. The molecule has 2 rings (SSSR count). The van der Waals surface area contributed by atoms with Gasteiger partial charge in [-0.1, -0.05) is 19.0 Å². The van der Waals surface area contributed by atoms with Gasteiger partial charge in [0.15, 0.2) is 5.82 Å². The summed E-state index contributed by atoms with van der Waals surface area (Å²) in [6.07, 6.45) is 1.06. The van der Waals surface area contributed by atoms with Gasteiger partial charge in [-0.05, 0) is 13.5 Å². The summed E-state index contributed by atoms with van der Waals surface area (Å²) in [7, 11) is 5.67. The minimum atomic E-state index is 0.156. The highest BCUT2D eigenvalue weighted by Gasteiger charge is 2.28. The fourth-order valence-corrected chi connectivity index (χ4v) is 2.57. The number of likely N-dealkylation sites (N-methyl/N-ethyl adjacent to an activating group) is 2. The van der Waals surface area contributed by atoms with E-state index in [9.17, 15) is 4.79 Å². The molecule has 1 aromatic rings. The summed E-state index contributed by atoms with van der Waals surface area (Å²) in [4.78, 5) is 22.3. The zero-order chi connectivity index (χ0) is 16.3. The van der Waals surface area contributed by atoms with Gasteiger partial charge >= 0.3 is 0 Å². The molecule has 124 valence electrons. The van der Waals surface area contributed by atoms with Crippen LogP contribution in [0.15, 0.2) is 4.52 Å². The first-order valence-corrected chi connectivity index (χ1v) is 7.82. The summed E-state index contributed by atoms with van der Waals surface area (Å²) in [5, 5.41) is 4.04. The molecule has 7 heteroatoms. The Labute approximate surface area is 132 Å². The minimum absolute atomic E-state index is 0.156. The van der Waals surface area contributed by atoms with Crippen molar-refractivity contribution in [3.8, 4) is 0 Å². The first kappa shape index (κ1) is 16.9. The molecular weight excluding hydrogens is 282 g/mol. The van der Waals surface area contributed by atoms with E-state index in [1.165, 1.54) is 0 Å². The standard InChI is InChI=1S/C15H27N5O2/c1-11(2)15-16-13(17-22-15)9-19(5)12-6-7-20(8-12)10-14(21)18(3)4/h11-12H,6-10H2,1-5H3. The van der Waals surface area contributed by atoms with Gasteiger partial charge in [-0.15, -0.1) is 0 Å². The maximum absolute atomic E-state index is 11.8. The quantitative estimate of drug-likeness (QED) is 0.774. The molecule has 0 N–H and O–H groups in total. The van der Waals surface area contributed by atoms with E-state index in [4.69, 9.17) is 4.52 Å². The molecule has 0 saturated carbocycles. The SMILES string of the molecule is CC(C)c1nc(CN(C)C2CCN(CC(=O)N(C)C)C2)no1. The molecule has 0 bridgehead atoms. The molecule has 1 saturated heterocycles. The number of rotatable bonds is 6. The topological polar surface area (TPSA) is 65.7 Å². The van der Waals surface area contributed by atoms with Gasteiger partial charge in [-0.3, -0.25) is 14.6 Å². The van der Waals surface area contributed by atoms with E-state index in [2.05, 4.69) is 27.0 Å². The van der Waals surface area contributed by atoms with E-state index < -0.39 is 0 Å². The Morgan fingerprint density at radius 2 is 2.14 bits per heavy atom. The van der Waals surface area contributed by atoms with Crippen LogP contribution in [0, 0.1) is 0 Å². The Hall–Kier alpha value is -1.47. The van der Waals surface area contributed by atoms with Crippen molar-refractivity contribution < 1.29 is 9.32 Å². The summed E-state index contributed by atoms with van der Waals surface area (Å²) in [5.41, 5.74) is 0. The van der Waals surface area contributed by atoms with Gasteiger partial charge < -0.3 is 9.42 Å². The molecule has 1 amide bonds. The molecule has 2 heterocycles. The van der Waals surface area contributed by atoms with Crippen molar-refractivity contribution in [2.45, 2.75) is 38.8 Å². The second-order valence-electron chi connectivity index (χ2n) is 6.58. The highest BCUT2D eigenvalue weighted by atomic mass is 16.5. The van der Waals surface area contributed by atoms with E-state index in [-0.39, 0.29) is 11.8 Å². The molecule has 1 aliphatic rings. The Morgan fingerprint density at radius 3 is 2.73 bits per heavy atom. The van der Waals surface area contributed by atoms with E-state index >= 15 is 0 Å². The largest absolute Gasteiger partial charge is 0.348 e. The number of hydrogen-bond donors (Lipinski definition) is 0. The van der Waals surface area contributed by atoms with Gasteiger partial charge in [-0.25, -0.2) is 0 Å². The Balaban J connectivity index is 1.83. The van der Waals surface area contributed by atoms with Gasteiger partial charge in [0.2, 0.25) is 11.8 Å². The summed E-state index contributed by atoms with van der Waals surface area (Å²) in [6, 6.07) is 0.427. The summed E-state index contributed by atoms with van der Waals surface area (Å²) in [5.74, 6) is 1.83. The van der Waals surface area contributed by atoms with Crippen molar-refractivity contribution in [1.29, 1.82) is 0 Å². The van der Waals surface area contributed by atoms with Crippen molar-refractivity contribution in [2.75, 3.05) is 40.8 Å². The van der Waals surface area contributed by atoms with Gasteiger partial charge in [0.05, 0.1) is 13.1 Å². The van der Waals surface area contributed by atoms with Crippen LogP contribution < -0.4 is 0 Å². The summed E-state index contributed by atoms with van der Waals surface area (Å²) in [6.45, 7) is 7.12. The summed E-state index contributed by atoms with van der Waals surface area (Å²) < 4.78 is 5.24. The fraction of sp³-hybridized carbons (Fsp3) is 0.800. The van der Waals surface area contributed by atoms with Crippen LogP contribution in [0.5, 0.6) is 0 Å². The molecule has 0 radical (unpaired) electrons. The average Bonchev–Trinajstić information content (AvgIpc) is 3.07. The molecule has 1 aromatic heterocycles. The zero-order valence-electron chi connectivity index (χ0n) is 14.2. The second-order valence-corrected chi connectivity index (χ2v) is 6.58. The smallest absolute Gasteiger partial charge is 0.236 e. The number of amides is 1. The fourth-order valence-electron chi connectivity index (χ4n) is 2.57. The molecule has 7 nitrogen and oxygen atoms in total. The Bertz CT molecular complexity index is 500. The maximum Gasteiger partial charge on any atom is 0.236 e. The maximum atomic E-state index is 11.8. The van der Waals surface area contributed by atoms with Crippen LogP contribution >= 0.6 is 0 Å². The normalized spacial score (nSPS) is 19.3. The lowest BCUT2D eigenvalue weighted by atomic mass is 10.2. The molecule has 0 aliphatic carbocycles. The third-order valence-corrected chi connectivity index (χ3v) is 4.10. The van der Waals surface area contributed by atoms with Gasteiger partial charge in [0.1, 0.15) is 0 Å². The monoisotopic (exact) mass is 309 g/mol. The first-order valence-electron chi connectivity index (χ1n) is 7.82. The summed E-state index contributed by atoms with van der Waals surface area (Å²) >= 11 is 0. The number of likely N-dealkylation sites (tertiary alicyclic amines) is 1. The van der Waals surface area contributed by atoms with Crippen LogP contribution in [0.25, 0.3) is 0 Å². The van der Waals surface area contributed by atoms with Crippen molar-refractivity contribution in [3.05, 3.63) is 11.7 Å². The van der Waals surface area contributed by atoms with Crippen molar-refractivity contribution in [3.63, 3.8) is 0 Å².